The Bertz CT molecular complexity index is 1110. The molecule has 0 spiro atoms. The molecule has 36 heavy (non-hydrogen) atoms. The number of likely N-dealkylation sites (tertiary alicyclic amines) is 1. The van der Waals surface area contributed by atoms with Crippen LogP contribution in [0, 0.1) is 5.92 Å². The van der Waals surface area contributed by atoms with Gasteiger partial charge in [0.15, 0.2) is 0 Å². The van der Waals surface area contributed by atoms with Gasteiger partial charge in [0.2, 0.25) is 17.7 Å². The summed E-state index contributed by atoms with van der Waals surface area (Å²) in [5.74, 6) is -3.19. The van der Waals surface area contributed by atoms with E-state index in [1.165, 1.54) is 11.8 Å². The predicted molar refractivity (Wildman–Crippen MR) is 133 cm³/mol. The van der Waals surface area contributed by atoms with E-state index in [1.807, 2.05) is 24.3 Å². The number of carboxylic acids is 1. The van der Waals surface area contributed by atoms with Crippen molar-refractivity contribution in [3.8, 4) is 0 Å². The average molecular weight is 502 g/mol. The molecule has 7 N–H and O–H groups in total. The summed E-state index contributed by atoms with van der Waals surface area (Å²) < 4.78 is 0. The summed E-state index contributed by atoms with van der Waals surface area (Å²) in [6.07, 6.45) is 1.65. The summed E-state index contributed by atoms with van der Waals surface area (Å²) in [7, 11) is 0. The molecule has 1 aromatic carbocycles. The van der Waals surface area contributed by atoms with E-state index in [0.29, 0.717) is 19.4 Å². The van der Waals surface area contributed by atoms with Gasteiger partial charge in [0.05, 0.1) is 6.10 Å². The zero-order valence-corrected chi connectivity index (χ0v) is 20.7. The number of H-pyrrole nitrogens is 1. The van der Waals surface area contributed by atoms with Crippen LogP contribution in [0.25, 0.3) is 10.9 Å². The molecule has 196 valence electrons. The summed E-state index contributed by atoms with van der Waals surface area (Å²) in [6, 6.07) is 3.26. The highest BCUT2D eigenvalue weighted by Gasteiger charge is 2.39. The number of hydrogen-bond acceptors (Lipinski definition) is 6. The molecule has 11 heteroatoms. The molecule has 1 fully saturated rings. The number of carboxylic acid groups (broad SMARTS) is 1. The van der Waals surface area contributed by atoms with Gasteiger partial charge in [-0.2, -0.15) is 0 Å². The number of fused-ring (bicyclic) bond motifs is 1. The molecule has 11 nitrogen and oxygen atoms in total. The van der Waals surface area contributed by atoms with Gasteiger partial charge in [-0.3, -0.25) is 14.4 Å². The highest BCUT2D eigenvalue weighted by molar-refractivity contribution is 5.95. The standard InChI is InChI=1S/C25H35N5O6/c1-13(2)21(24(34)30-10-6-9-19(30)25(35)36)29-22(32)18(28-23(33)20(26)14(3)31)11-15-12-27-17-8-5-4-7-16(15)17/h4-5,7-8,12-14,18-21,27,31H,6,9-11,26H2,1-3H3,(H,28,33)(H,29,32)(H,35,36). The molecule has 5 unspecified atom stereocenters. The maximum Gasteiger partial charge on any atom is 0.326 e. The quantitative estimate of drug-likeness (QED) is 0.268. The second-order valence-electron chi connectivity index (χ2n) is 9.65. The highest BCUT2D eigenvalue weighted by atomic mass is 16.4. The minimum absolute atomic E-state index is 0.106. The van der Waals surface area contributed by atoms with Gasteiger partial charge in [0.25, 0.3) is 0 Å². The number of nitrogens with one attached hydrogen (secondary N) is 3. The summed E-state index contributed by atoms with van der Waals surface area (Å²) in [4.78, 5) is 55.4. The van der Waals surface area contributed by atoms with Crippen molar-refractivity contribution in [2.75, 3.05) is 6.54 Å². The second kappa shape index (κ2) is 11.5. The maximum atomic E-state index is 13.5. The van der Waals surface area contributed by atoms with Crippen molar-refractivity contribution < 1.29 is 29.4 Å². The monoisotopic (exact) mass is 501 g/mol. The minimum atomic E-state index is -1.24. The zero-order chi connectivity index (χ0) is 26.6. The fraction of sp³-hybridized carbons (Fsp3) is 0.520. The smallest absolute Gasteiger partial charge is 0.326 e. The number of aliphatic carboxylic acids is 1. The number of benzene rings is 1. The van der Waals surface area contributed by atoms with Gasteiger partial charge in [0, 0.05) is 30.1 Å². The number of aromatic nitrogens is 1. The van der Waals surface area contributed by atoms with E-state index in [4.69, 9.17) is 5.73 Å². The molecule has 3 amide bonds. The van der Waals surface area contributed by atoms with Crippen molar-refractivity contribution in [3.05, 3.63) is 36.0 Å². The van der Waals surface area contributed by atoms with Crippen molar-refractivity contribution in [1.82, 2.24) is 20.5 Å². The van der Waals surface area contributed by atoms with Gasteiger partial charge in [-0.05, 0) is 37.3 Å². The molecule has 0 aliphatic carbocycles. The summed E-state index contributed by atoms with van der Waals surface area (Å²) in [5, 5.41) is 25.4. The molecule has 2 heterocycles. The van der Waals surface area contributed by atoms with Gasteiger partial charge < -0.3 is 36.5 Å². The number of carbonyl (C=O) groups excluding carboxylic acids is 3. The zero-order valence-electron chi connectivity index (χ0n) is 20.7. The third-order valence-electron chi connectivity index (χ3n) is 6.61. The lowest BCUT2D eigenvalue weighted by Gasteiger charge is -2.31. The van der Waals surface area contributed by atoms with Crippen molar-refractivity contribution in [2.24, 2.45) is 11.7 Å². The second-order valence-corrected chi connectivity index (χ2v) is 9.65. The molecule has 2 aromatic rings. The molecule has 3 rings (SSSR count). The molecule has 1 aliphatic rings. The summed E-state index contributed by atoms with van der Waals surface area (Å²) in [5.41, 5.74) is 7.42. The summed E-state index contributed by atoms with van der Waals surface area (Å²) >= 11 is 0. The molecule has 1 aromatic heterocycles. The lowest BCUT2D eigenvalue weighted by atomic mass is 9.99. The third-order valence-corrected chi connectivity index (χ3v) is 6.61. The first-order valence-corrected chi connectivity index (χ1v) is 12.1. The predicted octanol–water partition coefficient (Wildman–Crippen LogP) is 0.120. The number of para-hydroxylation sites is 1. The molecular formula is C25H35N5O6. The fourth-order valence-electron chi connectivity index (χ4n) is 4.45. The number of aliphatic hydroxyl groups is 1. The van der Waals surface area contributed by atoms with Crippen LogP contribution in [0.4, 0.5) is 0 Å². The highest BCUT2D eigenvalue weighted by Crippen LogP contribution is 2.22. The van der Waals surface area contributed by atoms with Crippen LogP contribution in [0.15, 0.2) is 30.5 Å². The number of rotatable bonds is 10. The van der Waals surface area contributed by atoms with Crippen LogP contribution in [-0.4, -0.2) is 80.6 Å². The number of carbonyl (C=O) groups is 4. The first kappa shape index (κ1) is 27.2. The van der Waals surface area contributed by atoms with Crippen LogP contribution < -0.4 is 16.4 Å². The van der Waals surface area contributed by atoms with Gasteiger partial charge >= 0.3 is 5.97 Å². The van der Waals surface area contributed by atoms with Crippen molar-refractivity contribution in [1.29, 1.82) is 0 Å². The van der Waals surface area contributed by atoms with E-state index in [-0.39, 0.29) is 12.3 Å². The van der Waals surface area contributed by atoms with Crippen molar-refractivity contribution in [3.63, 3.8) is 0 Å². The Kier molecular flexibility index (Phi) is 8.70. The largest absolute Gasteiger partial charge is 0.480 e. The van der Waals surface area contributed by atoms with E-state index in [9.17, 15) is 29.4 Å². The number of aromatic amines is 1. The number of aliphatic hydroxyl groups excluding tert-OH is 1. The van der Waals surface area contributed by atoms with Crippen molar-refractivity contribution >= 4 is 34.6 Å². The molecule has 1 saturated heterocycles. The van der Waals surface area contributed by atoms with E-state index >= 15 is 0 Å². The maximum absolute atomic E-state index is 13.5. The van der Waals surface area contributed by atoms with E-state index in [0.717, 1.165) is 16.5 Å². The minimum Gasteiger partial charge on any atom is -0.480 e. The van der Waals surface area contributed by atoms with E-state index < -0.39 is 54.0 Å². The van der Waals surface area contributed by atoms with Crippen LogP contribution in [-0.2, 0) is 25.6 Å². The van der Waals surface area contributed by atoms with Gasteiger partial charge in [-0.15, -0.1) is 0 Å². The Labute approximate surface area is 209 Å². The Balaban J connectivity index is 1.85. The topological polar surface area (TPSA) is 178 Å². The Morgan fingerprint density at radius 2 is 1.83 bits per heavy atom. The lowest BCUT2D eigenvalue weighted by Crippen LogP contribution is -2.59. The molecule has 5 atom stereocenters. The number of hydrogen-bond donors (Lipinski definition) is 6. The molecule has 0 bridgehead atoms. The molecular weight excluding hydrogens is 466 g/mol. The lowest BCUT2D eigenvalue weighted by molar-refractivity contribution is -0.150. The van der Waals surface area contributed by atoms with Gasteiger partial charge in [0.1, 0.15) is 24.2 Å². The van der Waals surface area contributed by atoms with E-state index in [2.05, 4.69) is 15.6 Å². The Morgan fingerprint density at radius 3 is 2.47 bits per heavy atom. The molecule has 0 saturated carbocycles. The van der Waals surface area contributed by atoms with Crippen LogP contribution in [0.2, 0.25) is 0 Å². The first-order chi connectivity index (χ1) is 17.0. The van der Waals surface area contributed by atoms with Crippen LogP contribution >= 0.6 is 0 Å². The Hall–Kier alpha value is -3.44. The van der Waals surface area contributed by atoms with Gasteiger partial charge in [-0.1, -0.05) is 32.0 Å². The van der Waals surface area contributed by atoms with Gasteiger partial charge in [-0.25, -0.2) is 4.79 Å². The summed E-state index contributed by atoms with van der Waals surface area (Å²) in [6.45, 7) is 5.19. The van der Waals surface area contributed by atoms with Crippen LogP contribution in [0.3, 0.4) is 0 Å². The SMILES string of the molecule is CC(C)C(NC(=O)C(Cc1c[nH]c2ccccc12)NC(=O)C(N)C(C)O)C(=O)N1CCCC1C(=O)O. The molecule has 0 radical (unpaired) electrons. The average Bonchev–Trinajstić information content (AvgIpc) is 3.48. The number of nitrogens with two attached hydrogens (primary N) is 1. The van der Waals surface area contributed by atoms with Crippen LogP contribution in [0.5, 0.6) is 0 Å². The normalized spacial score (nSPS) is 19.1. The fourth-order valence-corrected chi connectivity index (χ4v) is 4.45. The molecule has 1 aliphatic heterocycles. The van der Waals surface area contributed by atoms with Crippen LogP contribution in [0.1, 0.15) is 39.2 Å². The van der Waals surface area contributed by atoms with Crippen molar-refractivity contribution in [2.45, 2.75) is 70.3 Å². The number of nitrogens with zero attached hydrogens (tertiary/aromatic N) is 1. The Morgan fingerprint density at radius 1 is 1.14 bits per heavy atom. The first-order valence-electron chi connectivity index (χ1n) is 12.1. The third kappa shape index (κ3) is 6.03. The van der Waals surface area contributed by atoms with E-state index in [1.54, 1.807) is 20.0 Å². The number of amides is 3.